The van der Waals surface area contributed by atoms with Gasteiger partial charge in [-0.1, -0.05) is 0 Å². The Labute approximate surface area is 92.3 Å². The van der Waals surface area contributed by atoms with Crippen LogP contribution in [-0.4, -0.2) is 39.3 Å². The molecule has 0 bridgehead atoms. The van der Waals surface area contributed by atoms with Crippen LogP contribution in [0, 0.1) is 0 Å². The molecule has 2 rings (SSSR count). The number of nitrogens with one attached hydrogen (secondary N) is 2. The largest absolute Gasteiger partial charge is 0.480 e. The Morgan fingerprint density at radius 3 is 2.75 bits per heavy atom. The van der Waals surface area contributed by atoms with Gasteiger partial charge >= 0.3 is 0 Å². The van der Waals surface area contributed by atoms with Crippen molar-refractivity contribution in [3.8, 4) is 5.88 Å². The molecular formula is C9H12N6O. The zero-order valence-corrected chi connectivity index (χ0v) is 9.01. The van der Waals surface area contributed by atoms with E-state index in [0.29, 0.717) is 17.4 Å². The Bertz CT molecular complexity index is 443. The third-order valence-corrected chi connectivity index (χ3v) is 2.15. The summed E-state index contributed by atoms with van der Waals surface area (Å²) in [6, 6.07) is -0.217. The number of hydrogen-bond donors (Lipinski definition) is 2. The number of ether oxygens (including phenoxy) is 1. The molecule has 0 fully saturated rings. The zero-order chi connectivity index (χ0) is 11.4. The summed E-state index contributed by atoms with van der Waals surface area (Å²) in [6.45, 7) is 0. The van der Waals surface area contributed by atoms with Crippen LogP contribution >= 0.6 is 0 Å². The van der Waals surface area contributed by atoms with E-state index in [2.05, 4.69) is 30.5 Å². The van der Waals surface area contributed by atoms with Crippen molar-refractivity contribution >= 4 is 0 Å². The van der Waals surface area contributed by atoms with Gasteiger partial charge in [-0.3, -0.25) is 10.1 Å². The van der Waals surface area contributed by atoms with Crippen LogP contribution in [0.15, 0.2) is 18.7 Å². The van der Waals surface area contributed by atoms with Crippen molar-refractivity contribution in [3.05, 3.63) is 30.2 Å². The second kappa shape index (κ2) is 4.67. The molecule has 0 spiro atoms. The van der Waals surface area contributed by atoms with Crippen LogP contribution in [-0.2, 0) is 0 Å². The first kappa shape index (κ1) is 10.5. The Hall–Kier alpha value is -2.02. The van der Waals surface area contributed by atoms with E-state index in [1.54, 1.807) is 26.6 Å². The third kappa shape index (κ3) is 1.84. The van der Waals surface area contributed by atoms with E-state index in [-0.39, 0.29) is 6.04 Å². The normalized spacial score (nSPS) is 12.4. The van der Waals surface area contributed by atoms with Gasteiger partial charge < -0.3 is 10.1 Å². The van der Waals surface area contributed by atoms with Crippen molar-refractivity contribution in [1.82, 2.24) is 30.5 Å². The van der Waals surface area contributed by atoms with Gasteiger partial charge in [0.15, 0.2) is 0 Å². The summed E-state index contributed by atoms with van der Waals surface area (Å²) in [5.74, 6) is 1.14. The van der Waals surface area contributed by atoms with Gasteiger partial charge in [-0.2, -0.15) is 5.10 Å². The van der Waals surface area contributed by atoms with Crippen LogP contribution in [0.1, 0.15) is 17.6 Å². The molecule has 0 amide bonds. The monoisotopic (exact) mass is 220 g/mol. The average Bonchev–Trinajstić information content (AvgIpc) is 2.84. The van der Waals surface area contributed by atoms with Crippen LogP contribution in [0.2, 0.25) is 0 Å². The first-order valence-electron chi connectivity index (χ1n) is 4.74. The first-order valence-corrected chi connectivity index (χ1v) is 4.74. The quantitative estimate of drug-likeness (QED) is 0.748. The number of rotatable bonds is 4. The van der Waals surface area contributed by atoms with Crippen molar-refractivity contribution in [2.24, 2.45) is 0 Å². The first-order chi connectivity index (χ1) is 7.86. The lowest BCUT2D eigenvalue weighted by molar-refractivity contribution is 0.383. The number of nitrogens with zero attached hydrogens (tertiary/aromatic N) is 4. The Morgan fingerprint density at radius 2 is 2.12 bits per heavy atom. The van der Waals surface area contributed by atoms with Gasteiger partial charge in [0.2, 0.25) is 5.88 Å². The second-order valence-electron chi connectivity index (χ2n) is 3.04. The Morgan fingerprint density at radius 1 is 1.31 bits per heavy atom. The summed E-state index contributed by atoms with van der Waals surface area (Å²) in [4.78, 5) is 12.4. The van der Waals surface area contributed by atoms with Crippen molar-refractivity contribution in [1.29, 1.82) is 0 Å². The molecule has 7 nitrogen and oxygen atoms in total. The summed E-state index contributed by atoms with van der Waals surface area (Å²) in [7, 11) is 3.36. The van der Waals surface area contributed by atoms with E-state index in [0.717, 1.165) is 0 Å². The number of hydrogen-bond acceptors (Lipinski definition) is 6. The zero-order valence-electron chi connectivity index (χ0n) is 9.01. The summed E-state index contributed by atoms with van der Waals surface area (Å²) in [6.07, 6.45) is 4.64. The molecule has 1 unspecified atom stereocenters. The van der Waals surface area contributed by atoms with Gasteiger partial charge in [-0.25, -0.2) is 9.97 Å². The topological polar surface area (TPSA) is 88.6 Å². The Balaban J connectivity index is 2.41. The van der Waals surface area contributed by atoms with E-state index in [1.807, 2.05) is 0 Å². The number of methoxy groups -OCH3 is 1. The molecule has 0 saturated heterocycles. The SMILES string of the molecule is CNC(c1ncn[nH]1)c1nccnc1OC. The number of aromatic amines is 1. The molecule has 1 atom stereocenters. The average molecular weight is 220 g/mol. The molecule has 0 aliphatic carbocycles. The highest BCUT2D eigenvalue weighted by atomic mass is 16.5. The van der Waals surface area contributed by atoms with Gasteiger partial charge in [0.1, 0.15) is 23.9 Å². The molecule has 2 aromatic rings. The minimum atomic E-state index is -0.217. The van der Waals surface area contributed by atoms with E-state index < -0.39 is 0 Å². The molecular weight excluding hydrogens is 208 g/mol. The smallest absolute Gasteiger partial charge is 0.237 e. The van der Waals surface area contributed by atoms with Crippen molar-refractivity contribution in [2.75, 3.05) is 14.2 Å². The van der Waals surface area contributed by atoms with Crippen LogP contribution in [0.5, 0.6) is 5.88 Å². The van der Waals surface area contributed by atoms with Gasteiger partial charge in [0.25, 0.3) is 0 Å². The third-order valence-electron chi connectivity index (χ3n) is 2.15. The summed E-state index contributed by atoms with van der Waals surface area (Å²) < 4.78 is 5.15. The van der Waals surface area contributed by atoms with Crippen molar-refractivity contribution in [2.45, 2.75) is 6.04 Å². The highest BCUT2D eigenvalue weighted by Gasteiger charge is 2.21. The molecule has 0 aromatic carbocycles. The number of aromatic nitrogens is 5. The van der Waals surface area contributed by atoms with Crippen molar-refractivity contribution in [3.63, 3.8) is 0 Å². The van der Waals surface area contributed by atoms with Crippen LogP contribution < -0.4 is 10.1 Å². The van der Waals surface area contributed by atoms with Crippen LogP contribution in [0.3, 0.4) is 0 Å². The summed E-state index contributed by atoms with van der Waals surface area (Å²) in [5.41, 5.74) is 0.671. The maximum atomic E-state index is 5.15. The highest BCUT2D eigenvalue weighted by molar-refractivity contribution is 5.25. The molecule has 2 heterocycles. The predicted octanol–water partition coefficient (Wildman–Crippen LogP) is -0.0879. The fourth-order valence-electron chi connectivity index (χ4n) is 1.45. The molecule has 0 saturated carbocycles. The molecule has 0 aliphatic heterocycles. The Kier molecular flexibility index (Phi) is 3.06. The van der Waals surface area contributed by atoms with Crippen molar-refractivity contribution < 1.29 is 4.74 Å². The molecule has 0 aliphatic rings. The summed E-state index contributed by atoms with van der Waals surface area (Å²) >= 11 is 0. The molecule has 7 heteroatoms. The van der Waals surface area contributed by atoms with Gasteiger partial charge in [-0.15, -0.1) is 0 Å². The molecule has 16 heavy (non-hydrogen) atoms. The van der Waals surface area contributed by atoms with Crippen LogP contribution in [0.4, 0.5) is 0 Å². The molecule has 84 valence electrons. The standard InChI is InChI=1S/C9H12N6O/c1-10-6(8-13-5-14-15-8)7-9(16-2)12-4-3-11-7/h3-6,10H,1-2H3,(H,13,14,15). The second-order valence-corrected chi connectivity index (χ2v) is 3.04. The fraction of sp³-hybridized carbons (Fsp3) is 0.333. The molecule has 0 radical (unpaired) electrons. The molecule has 2 N–H and O–H groups in total. The lowest BCUT2D eigenvalue weighted by Crippen LogP contribution is -2.21. The maximum absolute atomic E-state index is 5.15. The van der Waals surface area contributed by atoms with E-state index in [1.165, 1.54) is 6.33 Å². The lowest BCUT2D eigenvalue weighted by atomic mass is 10.2. The minimum Gasteiger partial charge on any atom is -0.480 e. The summed E-state index contributed by atoms with van der Waals surface area (Å²) in [5, 5.41) is 9.68. The maximum Gasteiger partial charge on any atom is 0.237 e. The van der Waals surface area contributed by atoms with Crippen LogP contribution in [0.25, 0.3) is 0 Å². The van der Waals surface area contributed by atoms with Gasteiger partial charge in [-0.05, 0) is 7.05 Å². The minimum absolute atomic E-state index is 0.217. The number of H-pyrrole nitrogens is 1. The predicted molar refractivity (Wildman–Crippen MR) is 55.9 cm³/mol. The highest BCUT2D eigenvalue weighted by Crippen LogP contribution is 2.22. The van der Waals surface area contributed by atoms with Gasteiger partial charge in [0.05, 0.1) is 7.11 Å². The van der Waals surface area contributed by atoms with Gasteiger partial charge in [0, 0.05) is 12.4 Å². The van der Waals surface area contributed by atoms with E-state index >= 15 is 0 Å². The molecule has 2 aromatic heterocycles. The van der Waals surface area contributed by atoms with E-state index in [9.17, 15) is 0 Å². The fourth-order valence-corrected chi connectivity index (χ4v) is 1.45. The lowest BCUT2D eigenvalue weighted by Gasteiger charge is -2.14. The van der Waals surface area contributed by atoms with E-state index in [4.69, 9.17) is 4.74 Å².